The molecule has 0 aromatic rings. The van der Waals surface area contributed by atoms with Gasteiger partial charge in [-0.25, -0.2) is 9.59 Å². The zero-order chi connectivity index (χ0) is 12.9. The average molecular weight is 259 g/mol. The Bertz CT molecular complexity index is 316. The number of esters is 1. The summed E-state index contributed by atoms with van der Waals surface area (Å²) in [6.45, 7) is 0. The van der Waals surface area contributed by atoms with E-state index in [1.165, 1.54) is 0 Å². The summed E-state index contributed by atoms with van der Waals surface area (Å²) in [4.78, 5) is 41.7. The Morgan fingerprint density at radius 3 is 1.76 bits per heavy atom. The molecule has 0 heterocycles. The molecule has 17 heavy (non-hydrogen) atoms. The van der Waals surface area contributed by atoms with Gasteiger partial charge >= 0.3 is 53.4 Å². The number of carboxylic acid groups (broad SMARTS) is 3. The van der Waals surface area contributed by atoms with Crippen LogP contribution in [0.4, 0.5) is 0 Å². The van der Waals surface area contributed by atoms with E-state index in [4.69, 9.17) is 21.1 Å². The van der Waals surface area contributed by atoms with Gasteiger partial charge in [0.15, 0.2) is 0 Å². The molecule has 0 aliphatic heterocycles. The van der Waals surface area contributed by atoms with E-state index in [0.29, 0.717) is 0 Å². The van der Waals surface area contributed by atoms with Gasteiger partial charge in [-0.05, 0) is 0 Å². The molecule has 92 valence electrons. The molecule has 5 N–H and O–H groups in total. The third-order valence-electron chi connectivity index (χ3n) is 1.38. The molecule has 0 aromatic heterocycles. The summed E-state index contributed by atoms with van der Waals surface area (Å²) >= 11 is 0. The molecule has 0 fully saturated rings. The van der Waals surface area contributed by atoms with Crippen molar-refractivity contribution in [2.24, 2.45) is 5.73 Å². The minimum atomic E-state index is -2.40. The van der Waals surface area contributed by atoms with E-state index < -0.39 is 42.4 Å². The molecule has 0 spiro atoms. The van der Waals surface area contributed by atoms with E-state index >= 15 is 0 Å². The van der Waals surface area contributed by atoms with Crippen molar-refractivity contribution in [3.8, 4) is 0 Å². The molecule has 10 heteroatoms. The minimum absolute atomic E-state index is 0. The average Bonchev–Trinajstić information content (AvgIpc) is 2.11. The van der Waals surface area contributed by atoms with Crippen molar-refractivity contribution in [1.29, 1.82) is 0 Å². The van der Waals surface area contributed by atoms with Crippen LogP contribution in [0.3, 0.4) is 0 Å². The Balaban J connectivity index is 0. The summed E-state index contributed by atoms with van der Waals surface area (Å²) < 4.78 is 4.01. The van der Waals surface area contributed by atoms with Gasteiger partial charge in [0.25, 0.3) is 6.10 Å². The molecule has 9 nitrogen and oxygen atoms in total. The van der Waals surface area contributed by atoms with E-state index in [9.17, 15) is 19.2 Å². The molecular formula is C7H10NNaO8. The number of hydrogen-bond acceptors (Lipinski definition) is 6. The van der Waals surface area contributed by atoms with Crippen molar-refractivity contribution >= 4 is 53.4 Å². The van der Waals surface area contributed by atoms with Crippen LogP contribution in [0.5, 0.6) is 0 Å². The molecule has 0 radical (unpaired) electrons. The second-order valence-electron chi connectivity index (χ2n) is 2.70. The first kappa shape index (κ1) is 18.2. The van der Waals surface area contributed by atoms with Crippen LogP contribution < -0.4 is 5.73 Å². The van der Waals surface area contributed by atoms with Gasteiger partial charge in [-0.15, -0.1) is 0 Å². The molecule has 0 saturated heterocycles. The number of carbonyl (C=O) groups excluding carboxylic acids is 1. The number of carboxylic acids is 3. The van der Waals surface area contributed by atoms with Crippen molar-refractivity contribution < 1.29 is 39.2 Å². The molecular weight excluding hydrogens is 249 g/mol. The summed E-state index contributed by atoms with van der Waals surface area (Å²) in [6.07, 6.45) is -3.18. The van der Waals surface area contributed by atoms with Gasteiger partial charge in [-0.3, -0.25) is 9.59 Å². The first-order valence-electron chi connectivity index (χ1n) is 3.89. The van der Waals surface area contributed by atoms with Crippen molar-refractivity contribution in [2.75, 3.05) is 0 Å². The summed E-state index contributed by atoms with van der Waals surface area (Å²) in [5.41, 5.74) is 5.03. The first-order chi connectivity index (χ1) is 7.25. The number of rotatable bonds is 6. The Morgan fingerprint density at radius 1 is 1.06 bits per heavy atom. The van der Waals surface area contributed by atoms with Crippen LogP contribution in [0.2, 0.25) is 0 Å². The Kier molecular flexibility index (Phi) is 8.58. The molecule has 0 bridgehead atoms. The zero-order valence-corrected chi connectivity index (χ0v) is 7.82. The van der Waals surface area contributed by atoms with E-state index in [-0.39, 0.29) is 29.6 Å². The van der Waals surface area contributed by atoms with Crippen LogP contribution in [0.1, 0.15) is 6.42 Å². The fourth-order valence-corrected chi connectivity index (χ4v) is 0.681. The third kappa shape index (κ3) is 6.89. The normalized spacial score (nSPS) is 11.2. The van der Waals surface area contributed by atoms with E-state index in [2.05, 4.69) is 4.74 Å². The van der Waals surface area contributed by atoms with Crippen LogP contribution in [-0.2, 0) is 23.9 Å². The maximum absolute atomic E-state index is 11.0. The number of nitrogens with two attached hydrogens (primary N) is 1. The maximum atomic E-state index is 11.0. The molecule has 0 unspecified atom stereocenters. The second kappa shape index (κ2) is 8.01. The van der Waals surface area contributed by atoms with Crippen LogP contribution in [0, 0.1) is 0 Å². The second-order valence-corrected chi connectivity index (χ2v) is 2.70. The molecule has 0 saturated carbocycles. The molecule has 0 aliphatic carbocycles. The van der Waals surface area contributed by atoms with Crippen LogP contribution >= 0.6 is 0 Å². The number of carbonyl (C=O) groups is 4. The molecule has 0 aromatic carbocycles. The molecule has 0 rings (SSSR count). The van der Waals surface area contributed by atoms with Gasteiger partial charge in [0, 0.05) is 0 Å². The predicted octanol–water partition coefficient (Wildman–Crippen LogP) is -2.78. The van der Waals surface area contributed by atoms with E-state index in [1.54, 1.807) is 0 Å². The van der Waals surface area contributed by atoms with Gasteiger partial charge in [-0.1, -0.05) is 0 Å². The number of hydrogen-bond donors (Lipinski definition) is 4. The van der Waals surface area contributed by atoms with Crippen molar-refractivity contribution in [1.82, 2.24) is 0 Å². The van der Waals surface area contributed by atoms with Crippen LogP contribution in [-0.4, -0.2) is 80.9 Å². The standard InChI is InChI=1S/C7H9NO8.Na.H/c8-2(1-3(9)10)7(15)16-4(5(11)12)6(13)14;;/h2,4H,1,8H2,(H,9,10)(H,11,12)(H,13,14);;/t2-;;/m0../s1. The van der Waals surface area contributed by atoms with Gasteiger partial charge in [0.05, 0.1) is 6.42 Å². The van der Waals surface area contributed by atoms with Gasteiger partial charge in [0.1, 0.15) is 6.04 Å². The molecule has 0 amide bonds. The summed E-state index contributed by atoms with van der Waals surface area (Å²) in [7, 11) is 0. The third-order valence-corrected chi connectivity index (χ3v) is 1.38. The molecule has 1 atom stereocenters. The Labute approximate surface area is 117 Å². The zero-order valence-electron chi connectivity index (χ0n) is 7.82. The van der Waals surface area contributed by atoms with Crippen molar-refractivity contribution in [3.63, 3.8) is 0 Å². The van der Waals surface area contributed by atoms with Crippen molar-refractivity contribution in [2.45, 2.75) is 18.6 Å². The van der Waals surface area contributed by atoms with Gasteiger partial charge in [-0.2, -0.15) is 0 Å². The van der Waals surface area contributed by atoms with E-state index in [0.717, 1.165) is 0 Å². The fraction of sp³-hybridized carbons (Fsp3) is 0.429. The van der Waals surface area contributed by atoms with E-state index in [1.807, 2.05) is 0 Å². The number of aliphatic carboxylic acids is 3. The van der Waals surface area contributed by atoms with Gasteiger partial charge in [0.2, 0.25) is 0 Å². The Morgan fingerprint density at radius 2 is 1.47 bits per heavy atom. The molecule has 0 aliphatic rings. The SMILES string of the molecule is N[C@@H](CC(=O)O)C(=O)OC(C(=O)O)C(=O)O.[NaH]. The summed E-state index contributed by atoms with van der Waals surface area (Å²) in [5, 5.41) is 24.9. The topological polar surface area (TPSA) is 164 Å². The first-order valence-corrected chi connectivity index (χ1v) is 3.89. The summed E-state index contributed by atoms with van der Waals surface area (Å²) in [5.74, 6) is -6.57. The Hall–Kier alpha value is -1.16. The fourth-order valence-electron chi connectivity index (χ4n) is 0.681. The predicted molar refractivity (Wildman–Crippen MR) is 52.5 cm³/mol. The quantitative estimate of drug-likeness (QED) is 0.224. The van der Waals surface area contributed by atoms with Gasteiger partial charge < -0.3 is 25.8 Å². The van der Waals surface area contributed by atoms with Crippen molar-refractivity contribution in [3.05, 3.63) is 0 Å². The van der Waals surface area contributed by atoms with Crippen LogP contribution in [0.15, 0.2) is 0 Å². The van der Waals surface area contributed by atoms with Crippen LogP contribution in [0.25, 0.3) is 0 Å². The summed E-state index contributed by atoms with van der Waals surface area (Å²) in [6, 6.07) is -1.61. The monoisotopic (exact) mass is 259 g/mol. The number of ether oxygens (including phenoxy) is 1.